The molecule has 4 rings (SSSR count). The van der Waals surface area contributed by atoms with Crippen LogP contribution in [0.5, 0.6) is 11.5 Å². The average Bonchev–Trinajstić information content (AvgIpc) is 2.87. The Morgan fingerprint density at radius 3 is 2.35 bits per heavy atom. The highest BCUT2D eigenvalue weighted by Gasteiger charge is 2.37. The molecule has 160 valence electrons. The van der Waals surface area contributed by atoms with Crippen LogP contribution in [-0.4, -0.2) is 26.5 Å². The maximum absolute atomic E-state index is 12.7. The van der Waals surface area contributed by atoms with Crippen molar-refractivity contribution in [3.63, 3.8) is 0 Å². The SMILES string of the molecule is O=[N+]([O-])C[C@H]1c2ccccc2Oc2ccc(Cl)cc2[C@@H]1COS(=O)(=O)c1ccccc1. The molecule has 0 saturated heterocycles. The third-order valence-corrected chi connectivity index (χ3v) is 6.71. The Morgan fingerprint density at radius 1 is 0.935 bits per heavy atom. The summed E-state index contributed by atoms with van der Waals surface area (Å²) in [6.45, 7) is -0.730. The van der Waals surface area contributed by atoms with E-state index in [1.807, 2.05) is 0 Å². The Kier molecular flexibility index (Phi) is 5.95. The molecular weight excluding hydrogens is 442 g/mol. The maximum Gasteiger partial charge on any atom is 0.296 e. The average molecular weight is 460 g/mol. The van der Waals surface area contributed by atoms with E-state index >= 15 is 0 Å². The fourth-order valence-electron chi connectivity index (χ4n) is 3.74. The summed E-state index contributed by atoms with van der Waals surface area (Å²) in [6.07, 6.45) is 0. The molecule has 0 fully saturated rings. The summed E-state index contributed by atoms with van der Waals surface area (Å²) in [5.74, 6) is -0.433. The number of para-hydroxylation sites is 1. The molecule has 2 atom stereocenters. The fraction of sp³-hybridized carbons (Fsp3) is 0.182. The van der Waals surface area contributed by atoms with Crippen LogP contribution in [0, 0.1) is 10.1 Å². The van der Waals surface area contributed by atoms with Crippen LogP contribution in [0.1, 0.15) is 23.0 Å². The summed E-state index contributed by atoms with van der Waals surface area (Å²) in [5.41, 5.74) is 1.16. The van der Waals surface area contributed by atoms with Crippen molar-refractivity contribution in [1.29, 1.82) is 0 Å². The molecule has 0 aliphatic carbocycles. The predicted molar refractivity (Wildman–Crippen MR) is 115 cm³/mol. The van der Waals surface area contributed by atoms with Gasteiger partial charge in [0.05, 0.1) is 17.4 Å². The van der Waals surface area contributed by atoms with Crippen molar-refractivity contribution in [2.24, 2.45) is 0 Å². The highest BCUT2D eigenvalue weighted by Crippen LogP contribution is 2.47. The summed E-state index contributed by atoms with van der Waals surface area (Å²) >= 11 is 6.20. The van der Waals surface area contributed by atoms with Crippen molar-refractivity contribution in [2.75, 3.05) is 13.2 Å². The van der Waals surface area contributed by atoms with Crippen molar-refractivity contribution in [1.82, 2.24) is 0 Å². The third-order valence-electron chi connectivity index (χ3n) is 5.18. The molecule has 9 heteroatoms. The second-order valence-electron chi connectivity index (χ2n) is 7.10. The third kappa shape index (κ3) is 4.56. The van der Waals surface area contributed by atoms with Gasteiger partial charge in [-0.25, -0.2) is 0 Å². The quantitative estimate of drug-likeness (QED) is 0.292. The van der Waals surface area contributed by atoms with E-state index in [9.17, 15) is 18.5 Å². The first kappa shape index (κ1) is 21.3. The molecule has 3 aromatic carbocycles. The molecule has 0 saturated carbocycles. The molecule has 0 amide bonds. The Bertz CT molecular complexity index is 1220. The smallest absolute Gasteiger partial charge is 0.296 e. The zero-order valence-electron chi connectivity index (χ0n) is 16.2. The number of nitrogens with zero attached hydrogens (tertiary/aromatic N) is 1. The lowest BCUT2D eigenvalue weighted by atomic mass is 9.82. The molecule has 7 nitrogen and oxygen atoms in total. The van der Waals surface area contributed by atoms with Gasteiger partial charge >= 0.3 is 0 Å². The van der Waals surface area contributed by atoms with Crippen LogP contribution in [0.2, 0.25) is 5.02 Å². The van der Waals surface area contributed by atoms with Crippen molar-refractivity contribution in [3.05, 3.63) is 99.1 Å². The number of fused-ring (bicyclic) bond motifs is 2. The van der Waals surface area contributed by atoms with E-state index in [4.69, 9.17) is 20.5 Å². The molecule has 0 radical (unpaired) electrons. The molecule has 1 heterocycles. The minimum Gasteiger partial charge on any atom is -0.457 e. The summed E-state index contributed by atoms with van der Waals surface area (Å²) < 4.78 is 36.8. The number of halogens is 1. The van der Waals surface area contributed by atoms with Gasteiger partial charge in [-0.05, 0) is 36.4 Å². The Morgan fingerprint density at radius 2 is 1.61 bits per heavy atom. The Hall–Kier alpha value is -2.94. The lowest BCUT2D eigenvalue weighted by molar-refractivity contribution is -0.484. The molecule has 1 aliphatic rings. The van der Waals surface area contributed by atoms with Gasteiger partial charge < -0.3 is 4.74 Å². The number of hydrogen-bond donors (Lipinski definition) is 0. The molecule has 31 heavy (non-hydrogen) atoms. The van der Waals surface area contributed by atoms with Crippen LogP contribution in [0.4, 0.5) is 0 Å². The molecule has 0 spiro atoms. The van der Waals surface area contributed by atoms with Gasteiger partial charge in [-0.1, -0.05) is 48.0 Å². The molecule has 0 unspecified atom stereocenters. The van der Waals surface area contributed by atoms with Crippen LogP contribution >= 0.6 is 11.6 Å². The number of ether oxygens (including phenoxy) is 1. The Balaban J connectivity index is 1.78. The minimum absolute atomic E-state index is 0.0115. The van der Waals surface area contributed by atoms with Crippen molar-refractivity contribution in [3.8, 4) is 11.5 Å². The first-order chi connectivity index (χ1) is 14.8. The van der Waals surface area contributed by atoms with Crippen molar-refractivity contribution < 1.29 is 22.3 Å². The minimum atomic E-state index is -4.06. The number of nitro groups is 1. The Labute approximate surface area is 184 Å². The molecule has 0 aromatic heterocycles. The first-order valence-electron chi connectivity index (χ1n) is 9.47. The summed E-state index contributed by atoms with van der Waals surface area (Å²) in [6, 6.07) is 19.7. The van der Waals surface area contributed by atoms with Gasteiger partial charge in [0.1, 0.15) is 11.5 Å². The lowest BCUT2D eigenvalue weighted by Gasteiger charge is -2.23. The van der Waals surface area contributed by atoms with Crippen LogP contribution in [0.15, 0.2) is 77.7 Å². The maximum atomic E-state index is 12.7. The topological polar surface area (TPSA) is 95.7 Å². The van der Waals surface area contributed by atoms with Crippen molar-refractivity contribution in [2.45, 2.75) is 16.7 Å². The molecule has 0 bridgehead atoms. The van der Waals surface area contributed by atoms with E-state index < -0.39 is 33.4 Å². The first-order valence-corrected chi connectivity index (χ1v) is 11.3. The molecule has 3 aromatic rings. The summed E-state index contributed by atoms with van der Waals surface area (Å²) in [5, 5.41) is 11.9. The summed E-state index contributed by atoms with van der Waals surface area (Å²) in [4.78, 5) is 11.1. The molecular formula is C22H18ClNO6S. The van der Waals surface area contributed by atoms with E-state index in [0.717, 1.165) is 0 Å². The van der Waals surface area contributed by atoms with E-state index in [1.165, 1.54) is 12.1 Å². The van der Waals surface area contributed by atoms with Gasteiger partial charge in [-0.15, -0.1) is 0 Å². The molecule has 1 aliphatic heterocycles. The highest BCUT2D eigenvalue weighted by molar-refractivity contribution is 7.86. The van der Waals surface area contributed by atoms with Crippen molar-refractivity contribution >= 4 is 21.7 Å². The highest BCUT2D eigenvalue weighted by atomic mass is 35.5. The standard InChI is InChI=1S/C22H18ClNO6S/c23-15-10-11-22-18(12-15)20(14-29-31(27,28)16-6-2-1-3-7-16)19(13-24(25)26)17-8-4-5-9-21(17)30-22/h1-12,19-20H,13-14H2/t19-,20-/m0/s1. The zero-order valence-corrected chi connectivity index (χ0v) is 17.8. The van der Waals surface area contributed by atoms with Gasteiger partial charge in [-0.3, -0.25) is 14.3 Å². The predicted octanol–water partition coefficient (Wildman–Crippen LogP) is 5.00. The normalized spacial score (nSPS) is 17.7. The van der Waals surface area contributed by atoms with Gasteiger partial charge in [0.15, 0.2) is 0 Å². The summed E-state index contributed by atoms with van der Waals surface area (Å²) in [7, 11) is -4.06. The van der Waals surface area contributed by atoms with Crippen LogP contribution in [0.25, 0.3) is 0 Å². The van der Waals surface area contributed by atoms with E-state index in [0.29, 0.717) is 27.6 Å². The van der Waals surface area contributed by atoms with E-state index in [1.54, 1.807) is 60.7 Å². The van der Waals surface area contributed by atoms with Gasteiger partial charge in [0.2, 0.25) is 6.54 Å². The second-order valence-corrected chi connectivity index (χ2v) is 9.15. The van der Waals surface area contributed by atoms with E-state index in [2.05, 4.69) is 0 Å². The van der Waals surface area contributed by atoms with E-state index in [-0.39, 0.29) is 11.5 Å². The van der Waals surface area contributed by atoms with Gasteiger partial charge in [-0.2, -0.15) is 8.42 Å². The number of hydrogen-bond acceptors (Lipinski definition) is 6. The lowest BCUT2D eigenvalue weighted by Crippen LogP contribution is -2.24. The largest absolute Gasteiger partial charge is 0.457 e. The number of benzene rings is 3. The molecule has 0 N–H and O–H groups in total. The van der Waals surface area contributed by atoms with Crippen LogP contribution in [0.3, 0.4) is 0 Å². The fourth-order valence-corrected chi connectivity index (χ4v) is 4.88. The zero-order chi connectivity index (χ0) is 22.0. The monoisotopic (exact) mass is 459 g/mol. The van der Waals surface area contributed by atoms with Gasteiger partial charge in [0.25, 0.3) is 10.1 Å². The number of rotatable bonds is 6. The van der Waals surface area contributed by atoms with Crippen LogP contribution < -0.4 is 4.74 Å². The van der Waals surface area contributed by atoms with Gasteiger partial charge in [0, 0.05) is 27.0 Å². The second kappa shape index (κ2) is 8.66. The van der Waals surface area contributed by atoms with Crippen LogP contribution in [-0.2, 0) is 14.3 Å².